The van der Waals surface area contributed by atoms with Crippen LogP contribution in [0.15, 0.2) is 0 Å². The first-order valence-electron chi connectivity index (χ1n) is 4.65. The van der Waals surface area contributed by atoms with Crippen molar-refractivity contribution in [3.63, 3.8) is 0 Å². The van der Waals surface area contributed by atoms with Crippen molar-refractivity contribution in [2.75, 3.05) is 20.8 Å². The normalized spacial score (nSPS) is 21.5. The Morgan fingerprint density at radius 2 is 1.83 bits per heavy atom. The molecule has 0 atom stereocenters. The summed E-state index contributed by atoms with van der Waals surface area (Å²) in [6.45, 7) is 7.63. The first kappa shape index (κ1) is 10.0. The summed E-state index contributed by atoms with van der Waals surface area (Å²) in [7, 11) is 3.99. The number of nitrogens with zero attached hydrogens (tertiary/aromatic N) is 1. The molecule has 0 aromatic heterocycles. The average molecular weight is 171 g/mol. The topological polar surface area (TPSA) is 12.5 Å². The molecule has 0 aromatic carbocycles. The van der Waals surface area contributed by atoms with E-state index in [2.05, 4.69) is 32.7 Å². The Kier molecular flexibility index (Phi) is 2.50. The third-order valence-electron chi connectivity index (χ3n) is 2.96. The van der Waals surface area contributed by atoms with Gasteiger partial charge in [-0.1, -0.05) is 0 Å². The molecule has 0 aromatic rings. The van der Waals surface area contributed by atoms with Crippen LogP contribution in [0.25, 0.3) is 0 Å². The van der Waals surface area contributed by atoms with E-state index in [1.54, 1.807) is 7.11 Å². The zero-order valence-corrected chi connectivity index (χ0v) is 8.98. The molecule has 0 heterocycles. The molecule has 12 heavy (non-hydrogen) atoms. The minimum Gasteiger partial charge on any atom is -0.383 e. The second-order valence-electron chi connectivity index (χ2n) is 4.89. The van der Waals surface area contributed by atoms with E-state index in [9.17, 15) is 0 Å². The van der Waals surface area contributed by atoms with Crippen molar-refractivity contribution in [3.8, 4) is 0 Å². The van der Waals surface area contributed by atoms with Gasteiger partial charge in [-0.3, -0.25) is 4.90 Å². The van der Waals surface area contributed by atoms with Crippen molar-refractivity contribution in [2.24, 2.45) is 0 Å². The Hall–Kier alpha value is -0.0800. The molecule has 2 heteroatoms. The predicted octanol–water partition coefficient (Wildman–Crippen LogP) is 1.90. The van der Waals surface area contributed by atoms with E-state index in [4.69, 9.17) is 4.74 Å². The van der Waals surface area contributed by atoms with E-state index in [0.717, 1.165) is 6.61 Å². The number of hydrogen-bond acceptors (Lipinski definition) is 2. The second kappa shape index (κ2) is 3.00. The lowest BCUT2D eigenvalue weighted by atomic mass is 10.0. The quantitative estimate of drug-likeness (QED) is 0.643. The first-order valence-corrected chi connectivity index (χ1v) is 4.65. The van der Waals surface area contributed by atoms with Crippen molar-refractivity contribution >= 4 is 0 Å². The standard InChI is InChI=1S/C10H21NO/c1-9(2,3)11(4)10(6-7-10)8-12-5/h6-8H2,1-5H3. The third kappa shape index (κ3) is 1.80. The van der Waals surface area contributed by atoms with Crippen LogP contribution in [0.2, 0.25) is 0 Å². The molecule has 1 aliphatic rings. The molecule has 0 spiro atoms. The van der Waals surface area contributed by atoms with Gasteiger partial charge in [0, 0.05) is 18.2 Å². The van der Waals surface area contributed by atoms with Gasteiger partial charge in [0.2, 0.25) is 0 Å². The summed E-state index contributed by atoms with van der Waals surface area (Å²) in [5.74, 6) is 0. The van der Waals surface area contributed by atoms with Crippen LogP contribution in [0, 0.1) is 0 Å². The molecule has 1 saturated carbocycles. The maximum absolute atomic E-state index is 5.24. The molecule has 1 fully saturated rings. The highest BCUT2D eigenvalue weighted by atomic mass is 16.5. The number of hydrogen-bond donors (Lipinski definition) is 0. The summed E-state index contributed by atoms with van der Waals surface area (Å²) in [6, 6.07) is 0. The minimum absolute atomic E-state index is 0.259. The Labute approximate surface area is 75.9 Å². The van der Waals surface area contributed by atoms with Gasteiger partial charge >= 0.3 is 0 Å². The van der Waals surface area contributed by atoms with Gasteiger partial charge in [0.05, 0.1) is 6.61 Å². The maximum Gasteiger partial charge on any atom is 0.0646 e. The van der Waals surface area contributed by atoms with Gasteiger partial charge < -0.3 is 4.74 Å². The summed E-state index contributed by atoms with van der Waals surface area (Å²) in [4.78, 5) is 2.45. The highest BCUT2D eigenvalue weighted by molar-refractivity contribution is 5.05. The largest absolute Gasteiger partial charge is 0.383 e. The van der Waals surface area contributed by atoms with Gasteiger partial charge in [0.1, 0.15) is 0 Å². The van der Waals surface area contributed by atoms with Gasteiger partial charge in [-0.15, -0.1) is 0 Å². The monoisotopic (exact) mass is 171 g/mol. The molecule has 0 radical (unpaired) electrons. The zero-order valence-electron chi connectivity index (χ0n) is 8.98. The number of ether oxygens (including phenoxy) is 1. The summed E-state index contributed by atoms with van der Waals surface area (Å²) in [5, 5.41) is 0. The SMILES string of the molecule is COCC1(N(C)C(C)(C)C)CC1. The van der Waals surface area contributed by atoms with E-state index < -0.39 is 0 Å². The van der Waals surface area contributed by atoms with Crippen molar-refractivity contribution < 1.29 is 4.74 Å². The highest BCUT2D eigenvalue weighted by Gasteiger charge is 2.49. The van der Waals surface area contributed by atoms with Gasteiger partial charge in [0.25, 0.3) is 0 Å². The molecule has 1 rings (SSSR count). The van der Waals surface area contributed by atoms with Crippen LogP contribution in [-0.2, 0) is 4.74 Å². The lowest BCUT2D eigenvalue weighted by Crippen LogP contribution is -2.49. The van der Waals surface area contributed by atoms with Gasteiger partial charge in [-0.2, -0.15) is 0 Å². The molecule has 1 aliphatic carbocycles. The smallest absolute Gasteiger partial charge is 0.0646 e. The number of likely N-dealkylation sites (N-methyl/N-ethyl adjacent to an activating group) is 1. The average Bonchev–Trinajstić information content (AvgIpc) is 2.67. The van der Waals surface area contributed by atoms with E-state index in [1.807, 2.05) is 0 Å². The summed E-state index contributed by atoms with van der Waals surface area (Å²) >= 11 is 0. The van der Waals surface area contributed by atoms with Crippen LogP contribution in [0.4, 0.5) is 0 Å². The molecule has 2 nitrogen and oxygen atoms in total. The van der Waals surface area contributed by atoms with Crippen LogP contribution >= 0.6 is 0 Å². The summed E-state index contributed by atoms with van der Waals surface area (Å²) in [6.07, 6.45) is 2.57. The Balaban J connectivity index is 2.57. The molecule has 0 N–H and O–H groups in total. The minimum atomic E-state index is 0.259. The van der Waals surface area contributed by atoms with Crippen LogP contribution in [-0.4, -0.2) is 36.7 Å². The predicted molar refractivity (Wildman–Crippen MR) is 51.4 cm³/mol. The lowest BCUT2D eigenvalue weighted by molar-refractivity contribution is 0.0370. The molecule has 0 bridgehead atoms. The molecule has 0 amide bonds. The summed E-state index contributed by atoms with van der Waals surface area (Å²) < 4.78 is 5.24. The second-order valence-corrected chi connectivity index (χ2v) is 4.89. The van der Waals surface area contributed by atoms with Crippen LogP contribution < -0.4 is 0 Å². The van der Waals surface area contributed by atoms with E-state index in [0.29, 0.717) is 5.54 Å². The lowest BCUT2D eigenvalue weighted by Gasteiger charge is -2.39. The van der Waals surface area contributed by atoms with Crippen molar-refractivity contribution in [3.05, 3.63) is 0 Å². The van der Waals surface area contributed by atoms with Gasteiger partial charge in [0.15, 0.2) is 0 Å². The number of rotatable bonds is 3. The van der Waals surface area contributed by atoms with E-state index in [1.165, 1.54) is 12.8 Å². The van der Waals surface area contributed by atoms with Crippen LogP contribution in [0.1, 0.15) is 33.6 Å². The van der Waals surface area contributed by atoms with Gasteiger partial charge in [-0.25, -0.2) is 0 Å². The Bertz CT molecular complexity index is 156. The molecule has 0 saturated heterocycles. The molecule has 0 unspecified atom stereocenters. The molecular formula is C10H21NO. The fraction of sp³-hybridized carbons (Fsp3) is 1.00. The number of methoxy groups -OCH3 is 1. The molecular weight excluding hydrogens is 150 g/mol. The molecule has 72 valence electrons. The Morgan fingerprint density at radius 1 is 1.33 bits per heavy atom. The van der Waals surface area contributed by atoms with E-state index in [-0.39, 0.29) is 5.54 Å². The first-order chi connectivity index (χ1) is 5.42. The fourth-order valence-electron chi connectivity index (χ4n) is 1.70. The third-order valence-corrected chi connectivity index (χ3v) is 2.96. The Morgan fingerprint density at radius 3 is 2.08 bits per heavy atom. The van der Waals surface area contributed by atoms with Crippen LogP contribution in [0.5, 0.6) is 0 Å². The molecule has 0 aliphatic heterocycles. The summed E-state index contributed by atoms with van der Waals surface area (Å²) in [5.41, 5.74) is 0.613. The highest BCUT2D eigenvalue weighted by Crippen LogP contribution is 2.44. The van der Waals surface area contributed by atoms with Crippen molar-refractivity contribution in [1.29, 1.82) is 0 Å². The van der Waals surface area contributed by atoms with Crippen molar-refractivity contribution in [1.82, 2.24) is 4.90 Å². The van der Waals surface area contributed by atoms with Gasteiger partial charge in [-0.05, 0) is 40.7 Å². The maximum atomic E-state index is 5.24. The van der Waals surface area contributed by atoms with Crippen molar-refractivity contribution in [2.45, 2.75) is 44.7 Å². The fourth-order valence-corrected chi connectivity index (χ4v) is 1.70. The van der Waals surface area contributed by atoms with E-state index >= 15 is 0 Å². The zero-order chi connectivity index (χ0) is 9.41. The van der Waals surface area contributed by atoms with Crippen LogP contribution in [0.3, 0.4) is 0 Å².